The molecule has 0 spiro atoms. The molecule has 0 aromatic heterocycles. The molecule has 0 bridgehead atoms. The fourth-order valence-electron chi connectivity index (χ4n) is 0. The molecule has 0 nitrogen and oxygen atoms in total. The van der Waals surface area contributed by atoms with Gasteiger partial charge in [-0.05, 0) is 0 Å². The van der Waals surface area contributed by atoms with E-state index in [1.165, 1.54) is 0 Å². The van der Waals surface area contributed by atoms with Crippen molar-refractivity contribution in [2.45, 2.75) is 0 Å². The van der Waals surface area contributed by atoms with Gasteiger partial charge in [0, 0.05) is 80.4 Å². The van der Waals surface area contributed by atoms with Gasteiger partial charge < -0.3 is 0 Å². The molecule has 37 valence electrons. The minimum Gasteiger partial charge on any atom is 0 e. The average molecular weight is 505 g/mol. The summed E-state index contributed by atoms with van der Waals surface area (Å²) >= 11 is 0. The summed E-state index contributed by atoms with van der Waals surface area (Å²) in [7, 11) is 0. The van der Waals surface area contributed by atoms with Crippen molar-refractivity contribution >= 4 is 0 Å². The maximum Gasteiger partial charge on any atom is 0 e. The molecule has 0 aliphatic heterocycles. The van der Waals surface area contributed by atoms with Gasteiger partial charge in [0.25, 0.3) is 0 Å². The molecule has 0 aliphatic rings. The molecule has 0 aromatic carbocycles. The molecule has 0 heterocycles. The molecule has 0 saturated carbocycles. The molecule has 0 atom stereocenters. The SMILES string of the molecule is [Pd].[Pt].[Rh].[Ru]. The van der Waals surface area contributed by atoms with Crippen molar-refractivity contribution in [1.29, 1.82) is 0 Å². The van der Waals surface area contributed by atoms with E-state index in [1.54, 1.807) is 0 Å². The summed E-state index contributed by atoms with van der Waals surface area (Å²) in [5.41, 5.74) is 0. The Morgan fingerprint density at radius 2 is 1.00 bits per heavy atom. The van der Waals surface area contributed by atoms with Crippen LogP contribution in [0.1, 0.15) is 0 Å². The maximum absolute atomic E-state index is 0. The summed E-state index contributed by atoms with van der Waals surface area (Å²) in [6.07, 6.45) is 0. The molecule has 0 fully saturated rings. The van der Waals surface area contributed by atoms with Crippen molar-refractivity contribution < 1.29 is 80.4 Å². The largest absolute Gasteiger partial charge is 0 e. The molecular formula is PdPtRhRu. The van der Waals surface area contributed by atoms with Crippen molar-refractivity contribution in [3.8, 4) is 0 Å². The summed E-state index contributed by atoms with van der Waals surface area (Å²) in [5.74, 6) is 0. The number of hydrogen-bond donors (Lipinski definition) is 0. The van der Waals surface area contributed by atoms with Gasteiger partial charge in [0.2, 0.25) is 0 Å². The van der Waals surface area contributed by atoms with Crippen LogP contribution >= 0.6 is 0 Å². The zero-order valence-electron chi connectivity index (χ0n) is 1.32. The Morgan fingerprint density at radius 1 is 1.00 bits per heavy atom. The second-order valence-corrected chi connectivity index (χ2v) is 0. The van der Waals surface area contributed by atoms with Gasteiger partial charge in [-0.2, -0.15) is 0 Å². The molecule has 0 unspecified atom stereocenters. The van der Waals surface area contributed by atoms with Gasteiger partial charge in [-0.15, -0.1) is 0 Å². The topological polar surface area (TPSA) is 0 Å². The Kier molecular flexibility index (Phi) is 134. The first-order valence-corrected chi connectivity index (χ1v) is 0. The third-order valence-corrected chi connectivity index (χ3v) is 0. The van der Waals surface area contributed by atoms with E-state index < -0.39 is 0 Å². The minimum atomic E-state index is 0. The molecule has 0 aromatic rings. The summed E-state index contributed by atoms with van der Waals surface area (Å²) < 4.78 is 0. The first kappa shape index (κ1) is 30.6. The molecule has 4 heavy (non-hydrogen) atoms. The molecule has 4 heteroatoms. The van der Waals surface area contributed by atoms with E-state index in [0.29, 0.717) is 0 Å². The van der Waals surface area contributed by atoms with Crippen LogP contribution in [-0.2, 0) is 80.4 Å². The molecule has 1 radical (unpaired) electrons. The van der Waals surface area contributed by atoms with Crippen molar-refractivity contribution in [1.82, 2.24) is 0 Å². The zero-order valence-corrected chi connectivity index (χ0v) is 8.52. The quantitative estimate of drug-likeness (QED) is 0.407. The Hall–Kier alpha value is 2.60. The minimum absolute atomic E-state index is 0. The zero-order chi connectivity index (χ0) is 0. The monoisotopic (exact) mass is 506 g/mol. The van der Waals surface area contributed by atoms with E-state index in [2.05, 4.69) is 0 Å². The van der Waals surface area contributed by atoms with E-state index in [1.807, 2.05) is 0 Å². The van der Waals surface area contributed by atoms with Crippen LogP contribution in [-0.4, -0.2) is 0 Å². The Balaban J connectivity index is 0. The van der Waals surface area contributed by atoms with Crippen LogP contribution in [0.15, 0.2) is 0 Å². The standard InChI is InChI=1S/Pd.Pt.Rh.Ru. The molecular weight excluding hydrogens is 505 g/mol. The van der Waals surface area contributed by atoms with Gasteiger partial charge in [0.1, 0.15) is 0 Å². The second kappa shape index (κ2) is 17.5. The second-order valence-electron chi connectivity index (χ2n) is 0. The average Bonchev–Trinajstić information content (AvgIpc) is 0. The van der Waals surface area contributed by atoms with E-state index in [9.17, 15) is 0 Å². The first-order chi connectivity index (χ1) is 0. The van der Waals surface area contributed by atoms with Crippen LogP contribution in [0.5, 0.6) is 0 Å². The van der Waals surface area contributed by atoms with Crippen molar-refractivity contribution in [3.63, 3.8) is 0 Å². The van der Waals surface area contributed by atoms with E-state index >= 15 is 0 Å². The predicted octanol–water partition coefficient (Wildman–Crippen LogP) is -0.0100. The van der Waals surface area contributed by atoms with Crippen LogP contribution in [0.25, 0.3) is 0 Å². The third kappa shape index (κ3) is 8.82. The van der Waals surface area contributed by atoms with Crippen molar-refractivity contribution in [3.05, 3.63) is 0 Å². The summed E-state index contributed by atoms with van der Waals surface area (Å²) in [5, 5.41) is 0. The smallest absolute Gasteiger partial charge is 0 e. The van der Waals surface area contributed by atoms with Crippen LogP contribution in [0, 0.1) is 0 Å². The van der Waals surface area contributed by atoms with Gasteiger partial charge in [-0.3, -0.25) is 0 Å². The fourth-order valence-corrected chi connectivity index (χ4v) is 0. The predicted molar refractivity (Wildman–Crippen MR) is 0 cm³/mol. The van der Waals surface area contributed by atoms with Crippen molar-refractivity contribution in [2.75, 3.05) is 0 Å². The number of rotatable bonds is 0. The van der Waals surface area contributed by atoms with E-state index in [4.69, 9.17) is 0 Å². The van der Waals surface area contributed by atoms with E-state index in [0.717, 1.165) is 0 Å². The number of hydrogen-bond acceptors (Lipinski definition) is 0. The van der Waals surface area contributed by atoms with Crippen molar-refractivity contribution in [2.24, 2.45) is 0 Å². The first-order valence-electron chi connectivity index (χ1n) is 0. The molecule has 0 rings (SSSR count). The van der Waals surface area contributed by atoms with Gasteiger partial charge in [-0.25, -0.2) is 0 Å². The van der Waals surface area contributed by atoms with Gasteiger partial charge in [0.05, 0.1) is 0 Å². The van der Waals surface area contributed by atoms with Crippen LogP contribution in [0.4, 0.5) is 0 Å². The van der Waals surface area contributed by atoms with Crippen LogP contribution in [0.2, 0.25) is 0 Å². The summed E-state index contributed by atoms with van der Waals surface area (Å²) in [6, 6.07) is 0. The molecule has 0 saturated heterocycles. The Bertz CT molecular complexity index is 8.00. The van der Waals surface area contributed by atoms with Crippen LogP contribution in [0.3, 0.4) is 0 Å². The Labute approximate surface area is 79.3 Å². The third-order valence-electron chi connectivity index (χ3n) is 0. The normalized spacial score (nSPS) is 0. The summed E-state index contributed by atoms with van der Waals surface area (Å²) in [6.45, 7) is 0. The maximum atomic E-state index is 0. The molecule has 0 N–H and O–H groups in total. The Morgan fingerprint density at radius 3 is 1.00 bits per heavy atom. The summed E-state index contributed by atoms with van der Waals surface area (Å²) in [4.78, 5) is 0. The van der Waals surface area contributed by atoms with Crippen LogP contribution < -0.4 is 0 Å². The van der Waals surface area contributed by atoms with Gasteiger partial charge in [-0.1, -0.05) is 0 Å². The molecule has 0 amide bonds. The van der Waals surface area contributed by atoms with E-state index in [-0.39, 0.29) is 80.4 Å². The molecule has 0 aliphatic carbocycles. The van der Waals surface area contributed by atoms with Gasteiger partial charge >= 0.3 is 0 Å². The van der Waals surface area contributed by atoms with Gasteiger partial charge in [0.15, 0.2) is 0 Å². The fraction of sp³-hybridized carbons (Fsp3) is 0.